The molecule has 2 aromatic carbocycles. The molecule has 3 rings (SSSR count). The average molecular weight is 391 g/mol. The molecule has 0 saturated carbocycles. The zero-order valence-corrected chi connectivity index (χ0v) is 16.9. The SMILES string of the molecule is COc1cc(CNC(=O)c2cccnc2N(C)C)ccc1OCc1ccccc1. The van der Waals surface area contributed by atoms with Gasteiger partial charge in [-0.15, -0.1) is 0 Å². The summed E-state index contributed by atoms with van der Waals surface area (Å²) in [5, 5.41) is 2.94. The first-order valence-corrected chi connectivity index (χ1v) is 9.32. The van der Waals surface area contributed by atoms with Gasteiger partial charge in [-0.3, -0.25) is 4.79 Å². The smallest absolute Gasteiger partial charge is 0.255 e. The molecule has 1 N–H and O–H groups in total. The van der Waals surface area contributed by atoms with Crippen molar-refractivity contribution in [3.63, 3.8) is 0 Å². The van der Waals surface area contributed by atoms with E-state index in [1.165, 1.54) is 0 Å². The van der Waals surface area contributed by atoms with Crippen LogP contribution < -0.4 is 19.7 Å². The van der Waals surface area contributed by atoms with E-state index in [0.29, 0.717) is 36.0 Å². The zero-order valence-electron chi connectivity index (χ0n) is 16.9. The van der Waals surface area contributed by atoms with Gasteiger partial charge in [-0.1, -0.05) is 36.4 Å². The molecule has 0 saturated heterocycles. The number of ether oxygens (including phenoxy) is 2. The van der Waals surface area contributed by atoms with Crippen LogP contribution in [0.15, 0.2) is 66.9 Å². The number of nitrogens with one attached hydrogen (secondary N) is 1. The average Bonchev–Trinajstić information content (AvgIpc) is 2.76. The topological polar surface area (TPSA) is 63.7 Å². The van der Waals surface area contributed by atoms with Crippen molar-refractivity contribution in [3.8, 4) is 11.5 Å². The van der Waals surface area contributed by atoms with E-state index in [1.54, 1.807) is 25.4 Å². The van der Waals surface area contributed by atoms with Crippen LogP contribution in [-0.4, -0.2) is 32.1 Å². The number of hydrogen-bond acceptors (Lipinski definition) is 5. The quantitative estimate of drug-likeness (QED) is 0.635. The molecular weight excluding hydrogens is 366 g/mol. The molecule has 0 unspecified atom stereocenters. The number of anilines is 1. The summed E-state index contributed by atoms with van der Waals surface area (Å²) in [6.45, 7) is 0.831. The van der Waals surface area contributed by atoms with Gasteiger partial charge in [0.25, 0.3) is 5.91 Å². The summed E-state index contributed by atoms with van der Waals surface area (Å²) < 4.78 is 11.3. The maximum Gasteiger partial charge on any atom is 0.255 e. The van der Waals surface area contributed by atoms with Gasteiger partial charge in [0.15, 0.2) is 11.5 Å². The number of rotatable bonds is 8. The number of hydrogen-bond donors (Lipinski definition) is 1. The summed E-state index contributed by atoms with van der Waals surface area (Å²) in [5.41, 5.74) is 2.53. The lowest BCUT2D eigenvalue weighted by Gasteiger charge is -2.16. The predicted octanol–water partition coefficient (Wildman–Crippen LogP) is 3.67. The third-order valence-corrected chi connectivity index (χ3v) is 4.37. The van der Waals surface area contributed by atoms with Crippen LogP contribution in [0.5, 0.6) is 11.5 Å². The molecule has 3 aromatic rings. The molecule has 0 radical (unpaired) electrons. The van der Waals surface area contributed by atoms with Crippen LogP contribution in [-0.2, 0) is 13.2 Å². The van der Waals surface area contributed by atoms with E-state index in [-0.39, 0.29) is 5.91 Å². The van der Waals surface area contributed by atoms with Crippen molar-refractivity contribution in [2.75, 3.05) is 26.1 Å². The van der Waals surface area contributed by atoms with Crippen LogP contribution in [0, 0.1) is 0 Å². The van der Waals surface area contributed by atoms with E-state index in [9.17, 15) is 4.79 Å². The molecule has 1 amide bonds. The van der Waals surface area contributed by atoms with E-state index in [1.807, 2.05) is 67.5 Å². The Morgan fingerprint density at radius 1 is 1.00 bits per heavy atom. The highest BCUT2D eigenvalue weighted by atomic mass is 16.5. The normalized spacial score (nSPS) is 10.3. The molecule has 1 heterocycles. The number of nitrogens with zero attached hydrogens (tertiary/aromatic N) is 2. The Morgan fingerprint density at radius 3 is 2.52 bits per heavy atom. The fraction of sp³-hybridized carbons (Fsp3) is 0.217. The van der Waals surface area contributed by atoms with Gasteiger partial charge in [-0.2, -0.15) is 0 Å². The summed E-state index contributed by atoms with van der Waals surface area (Å²) in [5.74, 6) is 1.74. The van der Waals surface area contributed by atoms with Crippen molar-refractivity contribution in [1.29, 1.82) is 0 Å². The second-order valence-electron chi connectivity index (χ2n) is 6.71. The monoisotopic (exact) mass is 391 g/mol. The Hall–Kier alpha value is -3.54. The predicted molar refractivity (Wildman–Crippen MR) is 114 cm³/mol. The highest BCUT2D eigenvalue weighted by molar-refractivity contribution is 5.98. The zero-order chi connectivity index (χ0) is 20.6. The molecule has 1 aromatic heterocycles. The minimum Gasteiger partial charge on any atom is -0.493 e. The van der Waals surface area contributed by atoms with Crippen molar-refractivity contribution in [2.45, 2.75) is 13.2 Å². The van der Waals surface area contributed by atoms with Crippen LogP contribution in [0.1, 0.15) is 21.5 Å². The number of carbonyl (C=O) groups excluding carboxylic acids is 1. The minimum atomic E-state index is -0.176. The molecule has 0 bridgehead atoms. The van der Waals surface area contributed by atoms with Crippen molar-refractivity contribution in [1.82, 2.24) is 10.3 Å². The van der Waals surface area contributed by atoms with Gasteiger partial charge >= 0.3 is 0 Å². The third-order valence-electron chi connectivity index (χ3n) is 4.37. The van der Waals surface area contributed by atoms with Gasteiger partial charge in [0.2, 0.25) is 0 Å². The first-order chi connectivity index (χ1) is 14.1. The fourth-order valence-electron chi connectivity index (χ4n) is 2.88. The summed E-state index contributed by atoms with van der Waals surface area (Å²) >= 11 is 0. The summed E-state index contributed by atoms with van der Waals surface area (Å²) in [7, 11) is 5.32. The highest BCUT2D eigenvalue weighted by Crippen LogP contribution is 2.29. The largest absolute Gasteiger partial charge is 0.493 e. The van der Waals surface area contributed by atoms with Crippen molar-refractivity contribution < 1.29 is 14.3 Å². The molecule has 0 atom stereocenters. The lowest BCUT2D eigenvalue weighted by atomic mass is 10.1. The summed E-state index contributed by atoms with van der Waals surface area (Å²) in [6.07, 6.45) is 1.67. The van der Waals surface area contributed by atoms with Crippen molar-refractivity contribution in [3.05, 3.63) is 83.6 Å². The Morgan fingerprint density at radius 2 is 1.79 bits per heavy atom. The van der Waals surface area contributed by atoms with E-state index in [2.05, 4.69) is 10.3 Å². The minimum absolute atomic E-state index is 0.176. The van der Waals surface area contributed by atoms with Gasteiger partial charge in [-0.05, 0) is 35.4 Å². The first kappa shape index (κ1) is 20.2. The summed E-state index contributed by atoms with van der Waals surface area (Å²) in [4.78, 5) is 18.7. The first-order valence-electron chi connectivity index (χ1n) is 9.32. The Kier molecular flexibility index (Phi) is 6.68. The molecule has 150 valence electrons. The number of amides is 1. The van der Waals surface area contributed by atoms with Gasteiger partial charge in [-0.25, -0.2) is 4.98 Å². The van der Waals surface area contributed by atoms with Gasteiger partial charge in [0.1, 0.15) is 12.4 Å². The number of benzene rings is 2. The molecule has 0 fully saturated rings. The third kappa shape index (κ3) is 5.25. The second kappa shape index (κ2) is 9.59. The molecule has 0 spiro atoms. The lowest BCUT2D eigenvalue weighted by molar-refractivity contribution is 0.0951. The van der Waals surface area contributed by atoms with Crippen LogP contribution in [0.4, 0.5) is 5.82 Å². The maximum atomic E-state index is 12.6. The van der Waals surface area contributed by atoms with Gasteiger partial charge in [0.05, 0.1) is 12.7 Å². The number of methoxy groups -OCH3 is 1. The van der Waals surface area contributed by atoms with Crippen LogP contribution in [0.3, 0.4) is 0 Å². The number of carbonyl (C=O) groups is 1. The Labute approximate surface area is 171 Å². The number of aromatic nitrogens is 1. The van der Waals surface area contributed by atoms with E-state index in [4.69, 9.17) is 9.47 Å². The molecule has 0 aliphatic heterocycles. The molecule has 6 heteroatoms. The molecular formula is C23H25N3O3. The second-order valence-corrected chi connectivity index (χ2v) is 6.71. The van der Waals surface area contributed by atoms with Gasteiger partial charge < -0.3 is 19.7 Å². The molecule has 29 heavy (non-hydrogen) atoms. The van der Waals surface area contributed by atoms with Crippen LogP contribution in [0.2, 0.25) is 0 Å². The maximum absolute atomic E-state index is 12.6. The highest BCUT2D eigenvalue weighted by Gasteiger charge is 2.14. The number of pyridine rings is 1. The molecule has 0 aliphatic rings. The lowest BCUT2D eigenvalue weighted by Crippen LogP contribution is -2.26. The van der Waals surface area contributed by atoms with Gasteiger partial charge in [0, 0.05) is 26.8 Å². The standard InChI is InChI=1S/C23H25N3O3/c1-26(2)22-19(10-7-13-24-22)23(27)25-15-18-11-12-20(21(14-18)28-3)29-16-17-8-5-4-6-9-17/h4-14H,15-16H2,1-3H3,(H,25,27). The Bertz CT molecular complexity index is 959. The van der Waals surface area contributed by atoms with Crippen molar-refractivity contribution in [2.24, 2.45) is 0 Å². The van der Waals surface area contributed by atoms with Crippen LogP contribution in [0.25, 0.3) is 0 Å². The molecule has 0 aliphatic carbocycles. The Balaban J connectivity index is 1.65. The van der Waals surface area contributed by atoms with Crippen molar-refractivity contribution >= 4 is 11.7 Å². The fourth-order valence-corrected chi connectivity index (χ4v) is 2.88. The summed E-state index contributed by atoms with van der Waals surface area (Å²) in [6, 6.07) is 19.1. The van der Waals surface area contributed by atoms with E-state index < -0.39 is 0 Å². The van der Waals surface area contributed by atoms with E-state index >= 15 is 0 Å². The molecule has 6 nitrogen and oxygen atoms in total. The van der Waals surface area contributed by atoms with Crippen LogP contribution >= 0.6 is 0 Å². The van der Waals surface area contributed by atoms with E-state index in [0.717, 1.165) is 11.1 Å².